The first-order valence-electron chi connectivity index (χ1n) is 4.95. The molecule has 0 aliphatic carbocycles. The molecular weight excluding hydrogens is 236 g/mol. The van der Waals surface area contributed by atoms with E-state index in [0.717, 1.165) is 6.07 Å². The first kappa shape index (κ1) is 13.2. The normalized spacial score (nSPS) is 8.67. The Hall–Kier alpha value is -2.86. The Kier molecular flexibility index (Phi) is 4.42. The molecule has 0 unspecified atom stereocenters. The van der Waals surface area contributed by atoms with Gasteiger partial charge in [-0.05, 0) is 25.0 Å². The second-order valence-corrected chi connectivity index (χ2v) is 3.07. The van der Waals surface area contributed by atoms with Gasteiger partial charge in [0.05, 0.1) is 17.1 Å². The predicted octanol–water partition coefficient (Wildman–Crippen LogP) is 1.65. The van der Waals surface area contributed by atoms with Crippen molar-refractivity contribution >= 4 is 11.7 Å². The molecule has 0 fully saturated rings. The Morgan fingerprint density at radius 2 is 2.28 bits per heavy atom. The molecule has 6 nitrogen and oxygen atoms in total. The van der Waals surface area contributed by atoms with Crippen molar-refractivity contribution in [2.24, 2.45) is 0 Å². The lowest BCUT2D eigenvalue weighted by molar-refractivity contribution is -0.385. The van der Waals surface area contributed by atoms with Crippen LogP contribution in [0.2, 0.25) is 0 Å². The van der Waals surface area contributed by atoms with E-state index in [9.17, 15) is 14.9 Å². The van der Waals surface area contributed by atoms with Gasteiger partial charge >= 0.3 is 5.97 Å². The summed E-state index contributed by atoms with van der Waals surface area (Å²) in [5.41, 5.74) is -0.177. The first-order valence-corrected chi connectivity index (χ1v) is 4.95. The van der Waals surface area contributed by atoms with Crippen molar-refractivity contribution in [1.82, 2.24) is 0 Å². The van der Waals surface area contributed by atoms with E-state index in [1.807, 2.05) is 0 Å². The number of esters is 1. The van der Waals surface area contributed by atoms with E-state index in [-0.39, 0.29) is 23.4 Å². The van der Waals surface area contributed by atoms with E-state index in [1.54, 1.807) is 13.0 Å². The summed E-state index contributed by atoms with van der Waals surface area (Å²) in [6.07, 6.45) is 0. The zero-order chi connectivity index (χ0) is 13.5. The minimum absolute atomic E-state index is 0.0751. The number of hydrogen-bond donors (Lipinski definition) is 0. The number of ether oxygens (including phenoxy) is 1. The van der Waals surface area contributed by atoms with E-state index in [1.165, 1.54) is 12.1 Å². The van der Waals surface area contributed by atoms with E-state index in [4.69, 9.17) is 10.00 Å². The lowest BCUT2D eigenvalue weighted by atomic mass is 10.1. The smallest absolute Gasteiger partial charge is 0.338 e. The predicted molar refractivity (Wildman–Crippen MR) is 61.5 cm³/mol. The van der Waals surface area contributed by atoms with Gasteiger partial charge in [-0.1, -0.05) is 0 Å². The molecule has 0 aromatic heterocycles. The molecule has 0 N–H and O–H groups in total. The average Bonchev–Trinajstić information content (AvgIpc) is 2.36. The van der Waals surface area contributed by atoms with Crippen LogP contribution in [-0.4, -0.2) is 17.5 Å². The third-order valence-corrected chi connectivity index (χ3v) is 1.96. The van der Waals surface area contributed by atoms with E-state index in [2.05, 4.69) is 11.8 Å². The number of rotatable bonds is 3. The van der Waals surface area contributed by atoms with Crippen molar-refractivity contribution in [1.29, 1.82) is 5.26 Å². The summed E-state index contributed by atoms with van der Waals surface area (Å²) < 4.78 is 4.73. The van der Waals surface area contributed by atoms with Gasteiger partial charge in [0.1, 0.15) is 5.56 Å². The van der Waals surface area contributed by atoms with Gasteiger partial charge in [-0.3, -0.25) is 10.1 Å². The van der Waals surface area contributed by atoms with Crippen molar-refractivity contribution in [3.05, 3.63) is 39.4 Å². The highest BCUT2D eigenvalue weighted by molar-refractivity contribution is 5.90. The summed E-state index contributed by atoms with van der Waals surface area (Å²) in [4.78, 5) is 21.6. The van der Waals surface area contributed by atoms with Crippen LogP contribution in [0.5, 0.6) is 0 Å². The van der Waals surface area contributed by atoms with Crippen LogP contribution in [0.15, 0.2) is 18.2 Å². The van der Waals surface area contributed by atoms with Crippen LogP contribution in [0.25, 0.3) is 0 Å². The van der Waals surface area contributed by atoms with Crippen LogP contribution < -0.4 is 0 Å². The monoisotopic (exact) mass is 244 g/mol. The Morgan fingerprint density at radius 1 is 1.56 bits per heavy atom. The number of nitro groups is 1. The van der Waals surface area contributed by atoms with Gasteiger partial charge in [0.25, 0.3) is 5.69 Å². The molecule has 1 rings (SSSR count). The van der Waals surface area contributed by atoms with Crippen LogP contribution in [0.3, 0.4) is 0 Å². The van der Waals surface area contributed by atoms with Gasteiger partial charge in [0.15, 0.2) is 6.07 Å². The molecular formula is C12H8N2O4. The quantitative estimate of drug-likeness (QED) is 0.348. The lowest BCUT2D eigenvalue weighted by Crippen LogP contribution is -2.05. The third kappa shape index (κ3) is 3.06. The minimum atomic E-state index is -0.663. The fourth-order valence-corrected chi connectivity index (χ4v) is 1.23. The van der Waals surface area contributed by atoms with E-state index >= 15 is 0 Å². The SMILES string of the molecule is CCOC(=O)c1ccc(C#CC#N)c([N+](=O)[O-])c1. The molecule has 1 aromatic rings. The molecule has 90 valence electrons. The largest absolute Gasteiger partial charge is 0.462 e. The molecule has 0 amide bonds. The Morgan fingerprint density at radius 3 is 2.83 bits per heavy atom. The lowest BCUT2D eigenvalue weighted by Gasteiger charge is -2.02. The van der Waals surface area contributed by atoms with Crippen molar-refractivity contribution in [3.8, 4) is 17.9 Å². The molecule has 0 saturated carbocycles. The molecule has 0 aliphatic heterocycles. The summed E-state index contributed by atoms with van der Waals surface area (Å²) in [5, 5.41) is 19.1. The molecule has 0 atom stereocenters. The molecule has 0 spiro atoms. The number of benzene rings is 1. The summed E-state index contributed by atoms with van der Waals surface area (Å²) >= 11 is 0. The number of carbonyl (C=O) groups is 1. The third-order valence-electron chi connectivity index (χ3n) is 1.96. The van der Waals surface area contributed by atoms with Crippen molar-refractivity contribution < 1.29 is 14.5 Å². The maximum atomic E-state index is 11.4. The summed E-state index contributed by atoms with van der Waals surface area (Å²) in [5.74, 6) is 3.77. The van der Waals surface area contributed by atoms with Gasteiger partial charge in [-0.2, -0.15) is 5.26 Å². The Labute approximate surface area is 103 Å². The topological polar surface area (TPSA) is 93.2 Å². The molecule has 1 aromatic carbocycles. The van der Waals surface area contributed by atoms with E-state index in [0.29, 0.717) is 0 Å². The number of nitrogens with zero attached hydrogens (tertiary/aromatic N) is 2. The fourth-order valence-electron chi connectivity index (χ4n) is 1.23. The van der Waals surface area contributed by atoms with E-state index < -0.39 is 10.9 Å². The summed E-state index contributed by atoms with van der Waals surface area (Å²) in [6, 6.07) is 5.33. The number of nitriles is 1. The average molecular weight is 244 g/mol. The van der Waals surface area contributed by atoms with Crippen molar-refractivity contribution in [3.63, 3.8) is 0 Å². The van der Waals surface area contributed by atoms with Gasteiger partial charge < -0.3 is 4.74 Å². The number of hydrogen-bond acceptors (Lipinski definition) is 5. The highest BCUT2D eigenvalue weighted by Crippen LogP contribution is 2.20. The Bertz CT molecular complexity index is 590. The number of nitro benzene ring substituents is 1. The molecule has 0 heterocycles. The standard InChI is InChI=1S/C12H8N2O4/c1-2-18-12(15)10-6-5-9(4-3-7-13)11(8-10)14(16)17/h5-6,8H,2H2,1H3. The van der Waals surface area contributed by atoms with Gasteiger partial charge in [0.2, 0.25) is 0 Å². The molecule has 0 radical (unpaired) electrons. The Balaban J connectivity index is 3.24. The van der Waals surface area contributed by atoms with Crippen LogP contribution in [0, 0.1) is 33.3 Å². The second kappa shape index (κ2) is 6.02. The van der Waals surface area contributed by atoms with Gasteiger partial charge in [-0.15, -0.1) is 0 Å². The molecule has 18 heavy (non-hydrogen) atoms. The van der Waals surface area contributed by atoms with Crippen LogP contribution in [0.4, 0.5) is 5.69 Å². The van der Waals surface area contributed by atoms with Crippen molar-refractivity contribution in [2.45, 2.75) is 6.92 Å². The summed E-state index contributed by atoms with van der Waals surface area (Å²) in [7, 11) is 0. The van der Waals surface area contributed by atoms with Gasteiger partial charge in [0, 0.05) is 12.0 Å². The molecule has 0 saturated heterocycles. The highest BCUT2D eigenvalue weighted by Gasteiger charge is 2.16. The fraction of sp³-hybridized carbons (Fsp3) is 0.167. The first-order chi connectivity index (χ1) is 8.60. The highest BCUT2D eigenvalue weighted by atomic mass is 16.6. The zero-order valence-corrected chi connectivity index (χ0v) is 9.47. The molecule has 0 aliphatic rings. The molecule has 0 bridgehead atoms. The minimum Gasteiger partial charge on any atom is -0.462 e. The second-order valence-electron chi connectivity index (χ2n) is 3.07. The van der Waals surface area contributed by atoms with Crippen LogP contribution >= 0.6 is 0 Å². The van der Waals surface area contributed by atoms with Crippen LogP contribution in [-0.2, 0) is 4.74 Å². The van der Waals surface area contributed by atoms with Crippen molar-refractivity contribution in [2.75, 3.05) is 6.61 Å². The number of carbonyl (C=O) groups excluding carboxylic acids is 1. The maximum Gasteiger partial charge on any atom is 0.338 e. The van der Waals surface area contributed by atoms with Crippen LogP contribution in [0.1, 0.15) is 22.8 Å². The summed E-state index contributed by atoms with van der Waals surface area (Å²) in [6.45, 7) is 1.82. The maximum absolute atomic E-state index is 11.4. The zero-order valence-electron chi connectivity index (χ0n) is 9.47. The molecule has 6 heteroatoms. The van der Waals surface area contributed by atoms with Gasteiger partial charge in [-0.25, -0.2) is 4.79 Å².